The summed E-state index contributed by atoms with van der Waals surface area (Å²) < 4.78 is 26.2. The third-order valence-electron chi connectivity index (χ3n) is 4.01. The molecular formula is C17H15NO5S. The van der Waals surface area contributed by atoms with E-state index in [4.69, 9.17) is 5.11 Å². The first kappa shape index (κ1) is 16.2. The van der Waals surface area contributed by atoms with Gasteiger partial charge in [0.2, 0.25) is 15.9 Å². The van der Waals surface area contributed by atoms with Crippen molar-refractivity contribution in [3.05, 3.63) is 71.8 Å². The molecular weight excluding hydrogens is 330 g/mol. The molecule has 2 aromatic rings. The molecule has 0 bridgehead atoms. The quantitative estimate of drug-likeness (QED) is 0.912. The van der Waals surface area contributed by atoms with E-state index in [1.54, 1.807) is 60.7 Å². The fraction of sp³-hybridized carbons (Fsp3) is 0.176. The molecule has 0 aliphatic carbocycles. The standard InChI is InChI=1S/C17H15NO5S/c19-14(20)11-18-17(21)15(12-7-3-1-4-8-12)16(24(18,22)23)13-9-5-2-6-10-13/h1-10,15-16H,11H2,(H,19,20). The maximum Gasteiger partial charge on any atom is 0.324 e. The number of amides is 1. The monoisotopic (exact) mass is 345 g/mol. The Morgan fingerprint density at radius 2 is 1.46 bits per heavy atom. The first-order valence-corrected chi connectivity index (χ1v) is 8.80. The molecule has 1 saturated heterocycles. The molecule has 0 saturated carbocycles. The van der Waals surface area contributed by atoms with Gasteiger partial charge in [0.25, 0.3) is 0 Å². The molecule has 0 aromatic heterocycles. The van der Waals surface area contributed by atoms with Crippen LogP contribution in [0.25, 0.3) is 0 Å². The van der Waals surface area contributed by atoms with Crippen molar-refractivity contribution in [1.82, 2.24) is 4.31 Å². The Hall–Kier alpha value is -2.67. The van der Waals surface area contributed by atoms with Crippen molar-refractivity contribution in [3.8, 4) is 0 Å². The molecule has 2 aromatic carbocycles. The fourth-order valence-corrected chi connectivity index (χ4v) is 5.04. The van der Waals surface area contributed by atoms with Crippen LogP contribution in [0.5, 0.6) is 0 Å². The predicted octanol–water partition coefficient (Wildman–Crippen LogP) is 1.77. The van der Waals surface area contributed by atoms with Gasteiger partial charge in [0.15, 0.2) is 0 Å². The van der Waals surface area contributed by atoms with Crippen molar-refractivity contribution < 1.29 is 23.1 Å². The SMILES string of the molecule is O=C(O)CN1C(=O)C(c2ccccc2)C(c2ccccc2)S1(=O)=O. The maximum atomic E-state index is 12.9. The van der Waals surface area contributed by atoms with Crippen LogP contribution in [0.1, 0.15) is 22.3 Å². The van der Waals surface area contributed by atoms with Gasteiger partial charge in [-0.25, -0.2) is 12.7 Å². The van der Waals surface area contributed by atoms with E-state index >= 15 is 0 Å². The van der Waals surface area contributed by atoms with Gasteiger partial charge in [0, 0.05) is 0 Å². The van der Waals surface area contributed by atoms with E-state index in [1.807, 2.05) is 0 Å². The van der Waals surface area contributed by atoms with Gasteiger partial charge in [-0.1, -0.05) is 60.7 Å². The molecule has 1 aliphatic rings. The number of carbonyl (C=O) groups excluding carboxylic acids is 1. The number of benzene rings is 2. The van der Waals surface area contributed by atoms with Gasteiger partial charge in [-0.3, -0.25) is 9.59 Å². The number of carbonyl (C=O) groups is 2. The summed E-state index contributed by atoms with van der Waals surface area (Å²) in [5.74, 6) is -3.04. The number of carboxylic acid groups (broad SMARTS) is 1. The molecule has 7 heteroatoms. The Morgan fingerprint density at radius 1 is 0.958 bits per heavy atom. The molecule has 1 N–H and O–H groups in total. The minimum Gasteiger partial charge on any atom is -0.480 e. The van der Waals surface area contributed by atoms with E-state index in [9.17, 15) is 18.0 Å². The van der Waals surface area contributed by atoms with E-state index in [0.717, 1.165) is 0 Å². The second-order valence-corrected chi connectivity index (χ2v) is 7.48. The average molecular weight is 345 g/mol. The van der Waals surface area contributed by atoms with E-state index in [-0.39, 0.29) is 0 Å². The maximum absolute atomic E-state index is 12.9. The number of aliphatic carboxylic acids is 1. The highest BCUT2D eigenvalue weighted by Crippen LogP contribution is 2.46. The van der Waals surface area contributed by atoms with E-state index in [1.165, 1.54) is 0 Å². The normalized spacial score (nSPS) is 22.5. The Morgan fingerprint density at radius 3 is 1.96 bits per heavy atom. The summed E-state index contributed by atoms with van der Waals surface area (Å²) in [6.07, 6.45) is 0. The first-order valence-electron chi connectivity index (χ1n) is 7.30. The molecule has 24 heavy (non-hydrogen) atoms. The molecule has 1 amide bonds. The van der Waals surface area contributed by atoms with Gasteiger partial charge in [-0.15, -0.1) is 0 Å². The number of nitrogens with zero attached hydrogens (tertiary/aromatic N) is 1. The van der Waals surface area contributed by atoms with Gasteiger partial charge in [0.05, 0.1) is 5.92 Å². The molecule has 0 radical (unpaired) electrons. The number of hydrogen-bond donors (Lipinski definition) is 1. The highest BCUT2D eigenvalue weighted by molar-refractivity contribution is 7.90. The molecule has 1 fully saturated rings. The predicted molar refractivity (Wildman–Crippen MR) is 86.6 cm³/mol. The fourth-order valence-electron chi connectivity index (χ4n) is 2.99. The second-order valence-electron chi connectivity index (χ2n) is 5.50. The lowest BCUT2D eigenvalue weighted by Gasteiger charge is -2.16. The van der Waals surface area contributed by atoms with Gasteiger partial charge < -0.3 is 5.11 Å². The van der Waals surface area contributed by atoms with E-state index < -0.39 is 39.6 Å². The summed E-state index contributed by atoms with van der Waals surface area (Å²) in [7, 11) is -4.12. The Bertz CT molecular complexity index is 864. The number of carboxylic acids is 1. The smallest absolute Gasteiger partial charge is 0.324 e. The van der Waals surface area contributed by atoms with Crippen molar-refractivity contribution in [2.75, 3.05) is 6.54 Å². The van der Waals surface area contributed by atoms with Crippen LogP contribution in [-0.4, -0.2) is 36.3 Å². The van der Waals surface area contributed by atoms with Crippen molar-refractivity contribution in [2.24, 2.45) is 0 Å². The summed E-state index contributed by atoms with van der Waals surface area (Å²) in [5.41, 5.74) is 1.01. The van der Waals surface area contributed by atoms with Crippen LogP contribution < -0.4 is 0 Å². The topological polar surface area (TPSA) is 91.8 Å². The molecule has 6 nitrogen and oxygen atoms in total. The molecule has 2 unspecified atom stereocenters. The Labute approximate surface area is 139 Å². The lowest BCUT2D eigenvalue weighted by atomic mass is 9.91. The van der Waals surface area contributed by atoms with Crippen molar-refractivity contribution in [2.45, 2.75) is 11.2 Å². The minimum atomic E-state index is -4.12. The third kappa shape index (κ3) is 2.67. The van der Waals surface area contributed by atoms with E-state index in [0.29, 0.717) is 15.4 Å². The van der Waals surface area contributed by atoms with Crippen LogP contribution in [0.2, 0.25) is 0 Å². The Balaban J connectivity index is 2.17. The number of rotatable bonds is 4. The largest absolute Gasteiger partial charge is 0.480 e. The average Bonchev–Trinajstić information content (AvgIpc) is 2.76. The van der Waals surface area contributed by atoms with Gasteiger partial charge in [0.1, 0.15) is 11.8 Å². The van der Waals surface area contributed by atoms with Gasteiger partial charge in [-0.2, -0.15) is 0 Å². The molecule has 1 aliphatic heterocycles. The van der Waals surface area contributed by atoms with Crippen LogP contribution in [0.3, 0.4) is 0 Å². The molecule has 2 atom stereocenters. The van der Waals surface area contributed by atoms with Crippen LogP contribution in [0.15, 0.2) is 60.7 Å². The summed E-state index contributed by atoms with van der Waals surface area (Å²) in [5, 5.41) is 7.85. The summed E-state index contributed by atoms with van der Waals surface area (Å²) >= 11 is 0. The third-order valence-corrected chi connectivity index (χ3v) is 6.12. The van der Waals surface area contributed by atoms with Crippen LogP contribution in [0, 0.1) is 0 Å². The summed E-state index contributed by atoms with van der Waals surface area (Å²) in [6.45, 7) is -0.867. The number of hydrogen-bond acceptors (Lipinski definition) is 4. The lowest BCUT2D eigenvalue weighted by molar-refractivity contribution is -0.141. The zero-order valence-electron chi connectivity index (χ0n) is 12.6. The minimum absolute atomic E-state index is 0.465. The second kappa shape index (κ2) is 6.09. The summed E-state index contributed by atoms with van der Waals surface area (Å²) in [6, 6.07) is 17.0. The van der Waals surface area contributed by atoms with Crippen LogP contribution in [0.4, 0.5) is 0 Å². The lowest BCUT2D eigenvalue weighted by Crippen LogP contribution is -2.35. The van der Waals surface area contributed by atoms with Gasteiger partial charge in [-0.05, 0) is 11.1 Å². The zero-order chi connectivity index (χ0) is 17.3. The molecule has 3 rings (SSSR count). The first-order chi connectivity index (χ1) is 11.4. The highest BCUT2D eigenvalue weighted by atomic mass is 32.2. The van der Waals surface area contributed by atoms with Crippen molar-refractivity contribution >= 4 is 21.9 Å². The van der Waals surface area contributed by atoms with Crippen LogP contribution in [-0.2, 0) is 19.6 Å². The molecule has 1 heterocycles. The van der Waals surface area contributed by atoms with Crippen molar-refractivity contribution in [1.29, 1.82) is 0 Å². The van der Waals surface area contributed by atoms with Gasteiger partial charge >= 0.3 is 5.97 Å². The number of sulfonamides is 1. The summed E-state index contributed by atoms with van der Waals surface area (Å²) in [4.78, 5) is 23.7. The zero-order valence-corrected chi connectivity index (χ0v) is 13.4. The Kier molecular flexibility index (Phi) is 4.11. The van der Waals surface area contributed by atoms with Crippen molar-refractivity contribution in [3.63, 3.8) is 0 Å². The molecule has 0 spiro atoms. The highest BCUT2D eigenvalue weighted by Gasteiger charge is 2.54. The van der Waals surface area contributed by atoms with E-state index in [2.05, 4.69) is 0 Å². The van der Waals surface area contributed by atoms with Crippen LogP contribution >= 0.6 is 0 Å². The molecule has 124 valence electrons.